The number of nitrogens with zero attached hydrogens (tertiary/aromatic N) is 2. The molecule has 2 N–H and O–H groups in total. The summed E-state index contributed by atoms with van der Waals surface area (Å²) in [6.07, 6.45) is 1.29. The van der Waals surface area contributed by atoms with Gasteiger partial charge in [-0.2, -0.15) is 0 Å². The van der Waals surface area contributed by atoms with E-state index in [-0.39, 0.29) is 39.4 Å². The zero-order valence-electron chi connectivity index (χ0n) is 16.2. The van der Waals surface area contributed by atoms with Crippen LogP contribution in [0.5, 0.6) is 0 Å². The highest BCUT2D eigenvalue weighted by Crippen LogP contribution is 2.27. The van der Waals surface area contributed by atoms with Crippen molar-refractivity contribution < 1.29 is 23.1 Å². The van der Waals surface area contributed by atoms with Gasteiger partial charge in [-0.25, -0.2) is 18.2 Å². The van der Waals surface area contributed by atoms with E-state index in [1.165, 1.54) is 24.4 Å². The Kier molecular flexibility index (Phi) is 5.27. The molecule has 0 radical (unpaired) electrons. The summed E-state index contributed by atoms with van der Waals surface area (Å²) in [5.41, 5.74) is -1.03. The normalized spacial score (nSPS) is 19.2. The van der Waals surface area contributed by atoms with Crippen LogP contribution in [-0.2, 0) is 20.4 Å². The van der Waals surface area contributed by atoms with Gasteiger partial charge < -0.3 is 10.4 Å². The summed E-state index contributed by atoms with van der Waals surface area (Å²) in [7, 11) is -3.66. The van der Waals surface area contributed by atoms with E-state index in [0.29, 0.717) is 0 Å². The van der Waals surface area contributed by atoms with E-state index in [1.807, 2.05) is 13.8 Å². The third-order valence-corrected chi connectivity index (χ3v) is 6.72. The second kappa shape index (κ2) is 7.40. The third-order valence-electron chi connectivity index (χ3n) is 5.02. The molecule has 1 unspecified atom stereocenters. The lowest BCUT2D eigenvalue weighted by Gasteiger charge is -2.21. The number of hydrogen-bond donors (Lipinski definition) is 2. The summed E-state index contributed by atoms with van der Waals surface area (Å²) in [4.78, 5) is 32.8. The molecule has 0 saturated heterocycles. The standard InChI is InChI=1S/C20H21N3O5S/c1-12(2)20(3)19(26)22-17(23-20)16-15(18(24)25)9-13(10-21-16)11-29(27,28)14-7-5-4-6-8-14/h4-10,12H,11H2,1-3H3,(H,24,25)(H,22,23,26). The molecule has 0 saturated carbocycles. The zero-order valence-corrected chi connectivity index (χ0v) is 17.0. The minimum atomic E-state index is -3.66. The van der Waals surface area contributed by atoms with Crippen LogP contribution in [0, 0.1) is 5.92 Å². The van der Waals surface area contributed by atoms with Gasteiger partial charge in [0.2, 0.25) is 0 Å². The number of rotatable bonds is 6. The predicted octanol–water partition coefficient (Wildman–Crippen LogP) is 2.04. The monoisotopic (exact) mass is 415 g/mol. The van der Waals surface area contributed by atoms with E-state index < -0.39 is 27.1 Å². The first-order chi connectivity index (χ1) is 13.5. The number of pyridine rings is 1. The molecule has 152 valence electrons. The van der Waals surface area contributed by atoms with Crippen LogP contribution in [-0.4, -0.2) is 41.8 Å². The molecule has 1 aliphatic rings. The highest BCUT2D eigenvalue weighted by Gasteiger charge is 2.43. The van der Waals surface area contributed by atoms with E-state index in [1.54, 1.807) is 25.1 Å². The Balaban J connectivity index is 1.99. The Morgan fingerprint density at radius 2 is 1.90 bits per heavy atom. The fraction of sp³-hybridized carbons (Fsp3) is 0.300. The van der Waals surface area contributed by atoms with Crippen LogP contribution >= 0.6 is 0 Å². The third kappa shape index (κ3) is 3.91. The zero-order chi connectivity index (χ0) is 21.4. The van der Waals surface area contributed by atoms with Crippen LogP contribution in [0.1, 0.15) is 42.4 Å². The molecule has 1 aromatic heterocycles. The molecule has 0 fully saturated rings. The molecule has 3 rings (SSSR count). The van der Waals surface area contributed by atoms with Crippen LogP contribution in [0.4, 0.5) is 0 Å². The summed E-state index contributed by atoms with van der Waals surface area (Å²) in [6, 6.07) is 9.15. The number of carbonyl (C=O) groups excluding carboxylic acids is 1. The highest BCUT2D eigenvalue weighted by atomic mass is 32.2. The van der Waals surface area contributed by atoms with Crippen molar-refractivity contribution in [1.29, 1.82) is 0 Å². The molecule has 1 amide bonds. The molecule has 0 spiro atoms. The fourth-order valence-electron chi connectivity index (χ4n) is 2.92. The molecule has 0 aliphatic carbocycles. The smallest absolute Gasteiger partial charge is 0.338 e. The lowest BCUT2D eigenvalue weighted by molar-refractivity contribution is -0.124. The lowest BCUT2D eigenvalue weighted by atomic mass is 9.89. The Labute approximate surface area is 168 Å². The molecule has 2 heterocycles. The molecule has 2 aromatic rings. The van der Waals surface area contributed by atoms with E-state index >= 15 is 0 Å². The number of carbonyl (C=O) groups is 2. The van der Waals surface area contributed by atoms with Gasteiger partial charge in [0.25, 0.3) is 5.91 Å². The lowest BCUT2D eigenvalue weighted by Crippen LogP contribution is -2.41. The van der Waals surface area contributed by atoms with Crippen molar-refractivity contribution in [2.75, 3.05) is 0 Å². The summed E-state index contributed by atoms with van der Waals surface area (Å²) in [5, 5.41) is 12.2. The number of aliphatic imine (C=N–C) groups is 1. The summed E-state index contributed by atoms with van der Waals surface area (Å²) >= 11 is 0. The van der Waals surface area contributed by atoms with Gasteiger partial charge >= 0.3 is 5.97 Å². The highest BCUT2D eigenvalue weighted by molar-refractivity contribution is 7.90. The van der Waals surface area contributed by atoms with Crippen molar-refractivity contribution in [3.63, 3.8) is 0 Å². The maximum Gasteiger partial charge on any atom is 0.338 e. The van der Waals surface area contributed by atoms with Gasteiger partial charge in [0.1, 0.15) is 11.2 Å². The molecule has 29 heavy (non-hydrogen) atoms. The molecular formula is C20H21N3O5S. The van der Waals surface area contributed by atoms with Gasteiger partial charge in [-0.3, -0.25) is 9.78 Å². The number of aromatic carboxylic acids is 1. The number of hydrogen-bond acceptors (Lipinski definition) is 6. The van der Waals surface area contributed by atoms with Crippen molar-refractivity contribution in [1.82, 2.24) is 10.3 Å². The largest absolute Gasteiger partial charge is 0.478 e. The minimum absolute atomic E-state index is 0.00363. The van der Waals surface area contributed by atoms with Crippen molar-refractivity contribution in [2.45, 2.75) is 37.0 Å². The summed E-state index contributed by atoms with van der Waals surface area (Å²) in [5.74, 6) is -2.06. The Hall–Kier alpha value is -3.07. The molecule has 1 aromatic carbocycles. The molecule has 1 aliphatic heterocycles. The van der Waals surface area contributed by atoms with Crippen molar-refractivity contribution in [3.05, 3.63) is 59.4 Å². The number of benzene rings is 1. The maximum atomic E-state index is 12.6. The second-order valence-electron chi connectivity index (χ2n) is 7.33. The van der Waals surface area contributed by atoms with E-state index in [2.05, 4.69) is 15.3 Å². The first kappa shape index (κ1) is 20.7. The average Bonchev–Trinajstić information content (AvgIpc) is 2.98. The van der Waals surface area contributed by atoms with E-state index in [0.717, 1.165) is 0 Å². The van der Waals surface area contributed by atoms with Crippen LogP contribution in [0.15, 0.2) is 52.5 Å². The Morgan fingerprint density at radius 3 is 2.45 bits per heavy atom. The van der Waals surface area contributed by atoms with Crippen LogP contribution in [0.25, 0.3) is 0 Å². The van der Waals surface area contributed by atoms with Gasteiger partial charge in [0.15, 0.2) is 15.7 Å². The van der Waals surface area contributed by atoms with Gasteiger partial charge in [-0.15, -0.1) is 0 Å². The van der Waals surface area contributed by atoms with E-state index in [9.17, 15) is 23.1 Å². The first-order valence-corrected chi connectivity index (χ1v) is 10.6. The van der Waals surface area contributed by atoms with Gasteiger partial charge in [0.05, 0.1) is 16.2 Å². The fourth-order valence-corrected chi connectivity index (χ4v) is 4.25. The molecular weight excluding hydrogens is 394 g/mol. The van der Waals surface area contributed by atoms with Gasteiger partial charge in [-0.1, -0.05) is 32.0 Å². The maximum absolute atomic E-state index is 12.6. The topological polar surface area (TPSA) is 126 Å². The second-order valence-corrected chi connectivity index (χ2v) is 9.32. The van der Waals surface area contributed by atoms with E-state index in [4.69, 9.17) is 0 Å². The van der Waals surface area contributed by atoms with Crippen LogP contribution in [0.3, 0.4) is 0 Å². The van der Waals surface area contributed by atoms with Gasteiger partial charge in [0, 0.05) is 6.20 Å². The Bertz CT molecular complexity index is 1110. The number of carboxylic acids is 1. The number of amidine groups is 1. The van der Waals surface area contributed by atoms with Crippen molar-refractivity contribution in [2.24, 2.45) is 10.9 Å². The quantitative estimate of drug-likeness (QED) is 0.744. The predicted molar refractivity (Wildman–Crippen MR) is 106 cm³/mol. The summed E-state index contributed by atoms with van der Waals surface area (Å²) in [6.45, 7) is 5.35. The number of nitrogens with one attached hydrogen (secondary N) is 1. The molecule has 0 bridgehead atoms. The number of carboxylic acid groups (broad SMARTS) is 1. The summed E-state index contributed by atoms with van der Waals surface area (Å²) < 4.78 is 25.1. The minimum Gasteiger partial charge on any atom is -0.478 e. The SMILES string of the molecule is CC(C)C1(C)N=C(c2ncc(CS(=O)(=O)c3ccccc3)cc2C(=O)O)NC1=O. The van der Waals surface area contributed by atoms with Crippen LogP contribution in [0.2, 0.25) is 0 Å². The Morgan fingerprint density at radius 1 is 1.24 bits per heavy atom. The van der Waals surface area contributed by atoms with Crippen molar-refractivity contribution in [3.8, 4) is 0 Å². The molecule has 1 atom stereocenters. The number of amides is 1. The van der Waals surface area contributed by atoms with Crippen LogP contribution < -0.4 is 5.32 Å². The first-order valence-electron chi connectivity index (χ1n) is 8.96. The number of sulfone groups is 1. The van der Waals surface area contributed by atoms with Crippen molar-refractivity contribution >= 4 is 27.5 Å². The molecule has 8 nitrogen and oxygen atoms in total. The molecule has 9 heteroatoms. The number of aromatic nitrogens is 1. The average molecular weight is 415 g/mol. The van der Waals surface area contributed by atoms with Gasteiger partial charge in [-0.05, 0) is 36.6 Å².